The third kappa shape index (κ3) is 15.1. The van der Waals surface area contributed by atoms with E-state index in [1.807, 2.05) is 0 Å². The normalized spacial score (nSPS) is 15.1. The van der Waals surface area contributed by atoms with E-state index < -0.39 is 17.8 Å². The zero-order valence-electron chi connectivity index (χ0n) is 19.1. The fraction of sp³-hybridized carbons (Fsp3) is 1.00. The van der Waals surface area contributed by atoms with Crippen molar-refractivity contribution in [2.45, 2.75) is 124 Å². The SMILES string of the molecule is CC(C)(C)O[SiH](CC[Si](C)(OC(C)(C)C)OC(C)(C)C)OC(C)(C)C. The Kier molecular flexibility index (Phi) is 8.62. The second kappa shape index (κ2) is 8.52. The molecule has 0 aromatic rings. The average Bonchev–Trinajstić information content (AvgIpc) is 2.15. The highest BCUT2D eigenvalue weighted by Gasteiger charge is 2.41. The Morgan fingerprint density at radius 1 is 0.600 bits per heavy atom. The molecule has 152 valence electrons. The number of hydrogen-bond acceptors (Lipinski definition) is 4. The Morgan fingerprint density at radius 3 is 1.16 bits per heavy atom. The fourth-order valence-corrected chi connectivity index (χ4v) is 10.5. The average molecular weight is 393 g/mol. The van der Waals surface area contributed by atoms with Gasteiger partial charge >= 0.3 is 17.8 Å². The maximum atomic E-state index is 6.44. The van der Waals surface area contributed by atoms with Crippen LogP contribution in [-0.4, -0.2) is 40.2 Å². The van der Waals surface area contributed by atoms with Crippen LogP contribution in [0.1, 0.15) is 83.1 Å². The van der Waals surface area contributed by atoms with Crippen molar-refractivity contribution in [3.8, 4) is 0 Å². The van der Waals surface area contributed by atoms with E-state index in [1.54, 1.807) is 0 Å². The molecular formula is C19H44O4Si2. The molecule has 0 aliphatic heterocycles. The molecule has 25 heavy (non-hydrogen) atoms. The van der Waals surface area contributed by atoms with Crippen molar-refractivity contribution in [3.63, 3.8) is 0 Å². The summed E-state index contributed by atoms with van der Waals surface area (Å²) in [5.74, 6) is 0. The Balaban J connectivity index is 5.22. The third-order valence-corrected chi connectivity index (χ3v) is 9.41. The van der Waals surface area contributed by atoms with Crippen molar-refractivity contribution in [3.05, 3.63) is 0 Å². The van der Waals surface area contributed by atoms with Crippen molar-refractivity contribution < 1.29 is 17.7 Å². The molecule has 0 saturated carbocycles. The molecule has 0 rings (SSSR count). The highest BCUT2D eigenvalue weighted by atomic mass is 28.4. The van der Waals surface area contributed by atoms with Crippen LogP contribution in [0.2, 0.25) is 18.6 Å². The minimum Gasteiger partial charge on any atom is -0.392 e. The highest BCUT2D eigenvalue weighted by molar-refractivity contribution is 6.67. The first-order chi connectivity index (χ1) is 10.7. The van der Waals surface area contributed by atoms with Crippen molar-refractivity contribution in [2.24, 2.45) is 0 Å². The second-order valence-electron chi connectivity index (χ2n) is 11.0. The van der Waals surface area contributed by atoms with Gasteiger partial charge in [0.1, 0.15) is 0 Å². The first-order valence-electron chi connectivity index (χ1n) is 9.46. The van der Waals surface area contributed by atoms with Gasteiger partial charge in [-0.15, -0.1) is 0 Å². The fourth-order valence-electron chi connectivity index (χ4n) is 2.73. The number of hydrogen-bond donors (Lipinski definition) is 0. The molecule has 0 aliphatic rings. The van der Waals surface area contributed by atoms with Gasteiger partial charge in [0.05, 0.1) is 11.2 Å². The van der Waals surface area contributed by atoms with Crippen molar-refractivity contribution in [1.82, 2.24) is 0 Å². The quantitative estimate of drug-likeness (QED) is 0.533. The molecule has 0 bridgehead atoms. The van der Waals surface area contributed by atoms with Crippen molar-refractivity contribution in [2.75, 3.05) is 0 Å². The molecule has 0 aromatic heterocycles. The lowest BCUT2D eigenvalue weighted by Gasteiger charge is -2.40. The van der Waals surface area contributed by atoms with E-state index in [0.29, 0.717) is 0 Å². The molecule has 0 aromatic carbocycles. The summed E-state index contributed by atoms with van der Waals surface area (Å²) in [7, 11) is -4.20. The summed E-state index contributed by atoms with van der Waals surface area (Å²) in [4.78, 5) is 0. The molecule has 0 unspecified atom stereocenters. The molecule has 0 aliphatic carbocycles. The van der Waals surface area contributed by atoms with Crippen LogP contribution >= 0.6 is 0 Å². The van der Waals surface area contributed by atoms with Crippen LogP contribution in [0.3, 0.4) is 0 Å². The van der Waals surface area contributed by atoms with Gasteiger partial charge in [-0.1, -0.05) is 0 Å². The van der Waals surface area contributed by atoms with Crippen LogP contribution in [0.15, 0.2) is 0 Å². The lowest BCUT2D eigenvalue weighted by molar-refractivity contribution is 0.0148. The van der Waals surface area contributed by atoms with Gasteiger partial charge < -0.3 is 17.7 Å². The van der Waals surface area contributed by atoms with Gasteiger partial charge in [-0.2, -0.15) is 0 Å². The van der Waals surface area contributed by atoms with Gasteiger partial charge in [-0.25, -0.2) is 0 Å². The minimum absolute atomic E-state index is 0.199. The van der Waals surface area contributed by atoms with Crippen molar-refractivity contribution >= 4 is 17.8 Å². The van der Waals surface area contributed by atoms with Crippen LogP contribution in [0.5, 0.6) is 0 Å². The second-order valence-corrected chi connectivity index (χ2v) is 16.1. The van der Waals surface area contributed by atoms with Crippen LogP contribution < -0.4 is 0 Å². The standard InChI is InChI=1S/C19H44O4Si2/c1-16(2,3)20-24(21-17(4,5)6)14-15-25(13,22-18(7,8)9)23-19(10,11)12/h24H,14-15H2,1-13H3. The number of rotatable bonds is 7. The summed E-state index contributed by atoms with van der Waals surface area (Å²) in [5.41, 5.74) is -0.843. The smallest absolute Gasteiger partial charge is 0.335 e. The summed E-state index contributed by atoms with van der Waals surface area (Å²) < 4.78 is 25.5. The van der Waals surface area contributed by atoms with Crippen LogP contribution in [-0.2, 0) is 17.7 Å². The van der Waals surface area contributed by atoms with Crippen LogP contribution in [0.4, 0.5) is 0 Å². The van der Waals surface area contributed by atoms with E-state index >= 15 is 0 Å². The molecule has 0 atom stereocenters. The monoisotopic (exact) mass is 392 g/mol. The Bertz CT molecular complexity index is 366. The largest absolute Gasteiger partial charge is 0.392 e. The Labute approximate surface area is 160 Å². The minimum atomic E-state index is -2.36. The summed E-state index contributed by atoms with van der Waals surface area (Å²) >= 11 is 0. The predicted molar refractivity (Wildman–Crippen MR) is 112 cm³/mol. The maximum absolute atomic E-state index is 6.44. The summed E-state index contributed by atoms with van der Waals surface area (Å²) in [5, 5.41) is 0. The topological polar surface area (TPSA) is 36.9 Å². The molecule has 0 radical (unpaired) electrons. The first-order valence-corrected chi connectivity index (χ1v) is 13.7. The van der Waals surface area contributed by atoms with E-state index in [4.69, 9.17) is 17.7 Å². The van der Waals surface area contributed by atoms with Gasteiger partial charge in [0, 0.05) is 11.2 Å². The molecule has 0 N–H and O–H groups in total. The lowest BCUT2D eigenvalue weighted by atomic mass is 10.2. The van der Waals surface area contributed by atoms with E-state index in [9.17, 15) is 0 Å². The van der Waals surface area contributed by atoms with Crippen molar-refractivity contribution in [1.29, 1.82) is 0 Å². The van der Waals surface area contributed by atoms with Gasteiger partial charge in [0.15, 0.2) is 0 Å². The third-order valence-electron chi connectivity index (χ3n) is 2.85. The van der Waals surface area contributed by atoms with Gasteiger partial charge in [-0.05, 0) is 102 Å². The van der Waals surface area contributed by atoms with E-state index in [1.165, 1.54) is 0 Å². The summed E-state index contributed by atoms with van der Waals surface area (Å²) in [6, 6.07) is 1.77. The predicted octanol–water partition coefficient (Wildman–Crippen LogP) is 5.54. The molecule has 0 amide bonds. The van der Waals surface area contributed by atoms with Crippen LogP contribution in [0.25, 0.3) is 0 Å². The molecule has 0 fully saturated rings. The van der Waals surface area contributed by atoms with Gasteiger partial charge in [0.2, 0.25) is 0 Å². The summed E-state index contributed by atoms with van der Waals surface area (Å²) in [6.07, 6.45) is 0. The molecule has 0 saturated heterocycles. The van der Waals surface area contributed by atoms with Gasteiger partial charge in [-0.3, -0.25) is 0 Å². The zero-order valence-corrected chi connectivity index (χ0v) is 21.3. The lowest BCUT2D eigenvalue weighted by Crippen LogP contribution is -2.50. The van der Waals surface area contributed by atoms with E-state index in [2.05, 4.69) is 89.6 Å². The zero-order chi connectivity index (χ0) is 20.3. The van der Waals surface area contributed by atoms with E-state index in [0.717, 1.165) is 12.1 Å². The van der Waals surface area contributed by atoms with Gasteiger partial charge in [0.25, 0.3) is 0 Å². The van der Waals surface area contributed by atoms with E-state index in [-0.39, 0.29) is 22.4 Å². The molecule has 6 heteroatoms. The maximum Gasteiger partial charge on any atom is 0.335 e. The first kappa shape index (κ1) is 25.3. The molecule has 4 nitrogen and oxygen atoms in total. The summed E-state index contributed by atoms with van der Waals surface area (Å²) in [6.45, 7) is 27.3. The highest BCUT2D eigenvalue weighted by Crippen LogP contribution is 2.30. The molecule has 0 spiro atoms. The van der Waals surface area contributed by atoms with Crippen LogP contribution in [0, 0.1) is 0 Å². The molecule has 0 heterocycles. The Morgan fingerprint density at radius 2 is 0.920 bits per heavy atom. The molecular weight excluding hydrogens is 348 g/mol. The Hall–Kier alpha value is 0.274.